The minimum atomic E-state index is -0.0756. The molecule has 3 heterocycles. The second-order valence-corrected chi connectivity index (χ2v) is 5.83. The van der Waals surface area contributed by atoms with Crippen LogP contribution in [0.15, 0.2) is 5.38 Å². The van der Waals surface area contributed by atoms with Crippen molar-refractivity contribution in [3.8, 4) is 0 Å². The molecule has 2 fully saturated rings. The quantitative estimate of drug-likeness (QED) is 0.811. The van der Waals surface area contributed by atoms with Crippen molar-refractivity contribution >= 4 is 28.2 Å². The molecule has 2 bridgehead atoms. The first-order valence-corrected chi connectivity index (χ1v) is 7.05. The molecular weight excluding hydrogens is 250 g/mol. The van der Waals surface area contributed by atoms with Crippen LogP contribution in [0, 0.1) is 5.92 Å². The number of thiazole rings is 1. The Hall–Kier alpha value is -1.27. The van der Waals surface area contributed by atoms with Crippen LogP contribution in [0.1, 0.15) is 36.7 Å². The van der Waals surface area contributed by atoms with Crippen LogP contribution in [0.25, 0.3) is 0 Å². The number of anilines is 1. The molecule has 2 saturated heterocycles. The van der Waals surface area contributed by atoms with Gasteiger partial charge >= 0.3 is 0 Å². The highest BCUT2D eigenvalue weighted by atomic mass is 32.1. The SMILES string of the molecule is CC(=O)c1csc(NC(=O)C2CC3CCC2N3)n1. The van der Waals surface area contributed by atoms with E-state index in [0.29, 0.717) is 22.9 Å². The van der Waals surface area contributed by atoms with Gasteiger partial charge in [0.1, 0.15) is 5.69 Å². The van der Waals surface area contributed by atoms with Gasteiger partial charge < -0.3 is 10.6 Å². The summed E-state index contributed by atoms with van der Waals surface area (Å²) in [4.78, 5) is 27.3. The van der Waals surface area contributed by atoms with Crippen LogP contribution in [-0.4, -0.2) is 28.8 Å². The van der Waals surface area contributed by atoms with E-state index in [1.807, 2.05) is 0 Å². The molecule has 2 aliphatic rings. The average molecular weight is 265 g/mol. The molecule has 96 valence electrons. The maximum absolute atomic E-state index is 12.1. The molecule has 0 spiro atoms. The Morgan fingerprint density at radius 3 is 2.89 bits per heavy atom. The van der Waals surface area contributed by atoms with Crippen LogP contribution >= 0.6 is 11.3 Å². The van der Waals surface area contributed by atoms with Gasteiger partial charge in [0.15, 0.2) is 10.9 Å². The van der Waals surface area contributed by atoms with Crippen molar-refractivity contribution in [2.45, 2.75) is 38.3 Å². The number of fused-ring (bicyclic) bond motifs is 2. The molecule has 0 aromatic carbocycles. The van der Waals surface area contributed by atoms with Gasteiger partial charge in [-0.25, -0.2) is 4.98 Å². The normalized spacial score (nSPS) is 29.5. The molecule has 3 rings (SSSR count). The fraction of sp³-hybridized carbons (Fsp3) is 0.583. The van der Waals surface area contributed by atoms with Crippen LogP contribution in [-0.2, 0) is 4.79 Å². The van der Waals surface area contributed by atoms with Gasteiger partial charge in [0.05, 0.1) is 5.92 Å². The van der Waals surface area contributed by atoms with Gasteiger partial charge in [-0.2, -0.15) is 0 Å². The summed E-state index contributed by atoms with van der Waals surface area (Å²) in [7, 11) is 0. The van der Waals surface area contributed by atoms with E-state index >= 15 is 0 Å². The fourth-order valence-electron chi connectivity index (χ4n) is 2.80. The maximum Gasteiger partial charge on any atom is 0.230 e. The molecule has 1 amide bonds. The highest BCUT2D eigenvalue weighted by Crippen LogP contribution is 2.34. The summed E-state index contributed by atoms with van der Waals surface area (Å²) in [6.45, 7) is 1.47. The zero-order chi connectivity index (χ0) is 12.7. The summed E-state index contributed by atoms with van der Waals surface area (Å²) in [5.74, 6) is 0.000851. The molecule has 1 aromatic rings. The van der Waals surface area contributed by atoms with Gasteiger partial charge in [-0.05, 0) is 19.3 Å². The van der Waals surface area contributed by atoms with Crippen molar-refractivity contribution in [1.82, 2.24) is 10.3 Å². The Kier molecular flexibility index (Phi) is 2.91. The third-order valence-electron chi connectivity index (χ3n) is 3.73. The maximum atomic E-state index is 12.1. The number of nitrogens with one attached hydrogen (secondary N) is 2. The molecule has 0 aliphatic carbocycles. The number of hydrogen-bond donors (Lipinski definition) is 2. The van der Waals surface area contributed by atoms with E-state index in [0.717, 1.165) is 12.8 Å². The Morgan fingerprint density at radius 1 is 1.50 bits per heavy atom. The van der Waals surface area contributed by atoms with E-state index in [1.54, 1.807) is 5.38 Å². The summed E-state index contributed by atoms with van der Waals surface area (Å²) < 4.78 is 0. The predicted molar refractivity (Wildman–Crippen MR) is 68.8 cm³/mol. The second kappa shape index (κ2) is 4.44. The Labute approximate surface area is 109 Å². The minimum Gasteiger partial charge on any atom is -0.310 e. The molecule has 18 heavy (non-hydrogen) atoms. The topological polar surface area (TPSA) is 71.1 Å². The van der Waals surface area contributed by atoms with Crippen molar-refractivity contribution in [1.29, 1.82) is 0 Å². The van der Waals surface area contributed by atoms with Crippen LogP contribution in [0.4, 0.5) is 5.13 Å². The van der Waals surface area contributed by atoms with Gasteiger partial charge in [-0.3, -0.25) is 9.59 Å². The Bertz CT molecular complexity index is 499. The lowest BCUT2D eigenvalue weighted by Crippen LogP contribution is -2.32. The highest BCUT2D eigenvalue weighted by Gasteiger charge is 2.42. The lowest BCUT2D eigenvalue weighted by Gasteiger charge is -2.18. The van der Waals surface area contributed by atoms with Gasteiger partial charge in [0, 0.05) is 24.4 Å². The summed E-state index contributed by atoms with van der Waals surface area (Å²) >= 11 is 1.30. The number of carbonyl (C=O) groups is 2. The van der Waals surface area contributed by atoms with E-state index in [9.17, 15) is 9.59 Å². The smallest absolute Gasteiger partial charge is 0.230 e. The lowest BCUT2D eigenvalue weighted by atomic mass is 9.88. The number of Topliss-reactive ketones (excluding diaryl/α,β-unsaturated/α-hetero) is 1. The predicted octanol–water partition coefficient (Wildman–Crippen LogP) is 1.42. The summed E-state index contributed by atoms with van der Waals surface area (Å²) in [5.41, 5.74) is 0.418. The molecule has 0 saturated carbocycles. The van der Waals surface area contributed by atoms with Crippen molar-refractivity contribution < 1.29 is 9.59 Å². The van der Waals surface area contributed by atoms with E-state index < -0.39 is 0 Å². The van der Waals surface area contributed by atoms with E-state index in [2.05, 4.69) is 15.6 Å². The lowest BCUT2D eigenvalue weighted by molar-refractivity contribution is -0.120. The van der Waals surface area contributed by atoms with Crippen molar-refractivity contribution in [2.75, 3.05) is 5.32 Å². The zero-order valence-electron chi connectivity index (χ0n) is 10.1. The van der Waals surface area contributed by atoms with Crippen LogP contribution in [0.2, 0.25) is 0 Å². The molecule has 3 atom stereocenters. The minimum absolute atomic E-state index is 0.0270. The summed E-state index contributed by atoms with van der Waals surface area (Å²) in [5, 5.41) is 8.46. The van der Waals surface area contributed by atoms with Crippen molar-refractivity contribution in [3.63, 3.8) is 0 Å². The zero-order valence-corrected chi connectivity index (χ0v) is 10.9. The molecule has 1 aromatic heterocycles. The number of carbonyl (C=O) groups excluding carboxylic acids is 2. The number of nitrogens with zero attached hydrogens (tertiary/aromatic N) is 1. The number of aromatic nitrogens is 1. The molecule has 2 N–H and O–H groups in total. The Balaban J connectivity index is 1.65. The van der Waals surface area contributed by atoms with Gasteiger partial charge in [-0.1, -0.05) is 0 Å². The second-order valence-electron chi connectivity index (χ2n) is 4.97. The highest BCUT2D eigenvalue weighted by molar-refractivity contribution is 7.14. The van der Waals surface area contributed by atoms with Crippen molar-refractivity contribution in [2.24, 2.45) is 5.92 Å². The van der Waals surface area contributed by atoms with Crippen molar-refractivity contribution in [3.05, 3.63) is 11.1 Å². The van der Waals surface area contributed by atoms with E-state index in [-0.39, 0.29) is 17.6 Å². The number of ketones is 1. The number of rotatable bonds is 3. The first kappa shape index (κ1) is 11.8. The third-order valence-corrected chi connectivity index (χ3v) is 4.49. The van der Waals surface area contributed by atoms with Gasteiger partial charge in [0.25, 0.3) is 0 Å². The van der Waals surface area contributed by atoms with Crippen LogP contribution in [0.5, 0.6) is 0 Å². The fourth-order valence-corrected chi connectivity index (χ4v) is 3.56. The average Bonchev–Trinajstić information content (AvgIpc) is 3.03. The van der Waals surface area contributed by atoms with E-state index in [1.165, 1.54) is 24.7 Å². The van der Waals surface area contributed by atoms with Crippen LogP contribution < -0.4 is 10.6 Å². The van der Waals surface area contributed by atoms with Gasteiger partial charge in [0.2, 0.25) is 5.91 Å². The third kappa shape index (κ3) is 2.06. The summed E-state index contributed by atoms with van der Waals surface area (Å²) in [6.07, 6.45) is 3.18. The monoisotopic (exact) mass is 265 g/mol. The molecule has 5 nitrogen and oxygen atoms in total. The standard InChI is InChI=1S/C12H15N3O2S/c1-6(16)10-5-18-12(14-10)15-11(17)8-4-7-2-3-9(8)13-7/h5,7-9,13H,2-4H2,1H3,(H,14,15,17). The van der Waals surface area contributed by atoms with Gasteiger partial charge in [-0.15, -0.1) is 11.3 Å². The summed E-state index contributed by atoms with van der Waals surface area (Å²) in [6, 6.07) is 0.831. The van der Waals surface area contributed by atoms with E-state index in [4.69, 9.17) is 0 Å². The molecular formula is C12H15N3O2S. The number of amides is 1. The van der Waals surface area contributed by atoms with Crippen LogP contribution in [0.3, 0.4) is 0 Å². The largest absolute Gasteiger partial charge is 0.310 e. The number of hydrogen-bond acceptors (Lipinski definition) is 5. The first-order chi connectivity index (χ1) is 8.63. The molecule has 6 heteroatoms. The Morgan fingerprint density at radius 2 is 2.33 bits per heavy atom. The first-order valence-electron chi connectivity index (χ1n) is 6.17. The molecule has 3 unspecified atom stereocenters. The molecule has 0 radical (unpaired) electrons. The molecule has 2 aliphatic heterocycles.